The van der Waals surface area contributed by atoms with Crippen LogP contribution in [0.1, 0.15) is 64.7 Å². The number of aliphatic hydroxyl groups excluding tert-OH is 3. The normalized spacial score (nSPS) is 14.7. The van der Waals surface area contributed by atoms with E-state index in [0.29, 0.717) is 40.7 Å². The fourth-order valence-electron chi connectivity index (χ4n) is 15.0. The van der Waals surface area contributed by atoms with Gasteiger partial charge in [-0.2, -0.15) is 0 Å². The van der Waals surface area contributed by atoms with Gasteiger partial charge in [-0.25, -0.2) is 0 Å². The van der Waals surface area contributed by atoms with Crippen molar-refractivity contribution in [3.05, 3.63) is 298 Å². The average molecular weight is 1580 g/mol. The number of aromatic nitrogens is 10. The summed E-state index contributed by atoms with van der Waals surface area (Å²) in [5, 5.41) is 37.2. The van der Waals surface area contributed by atoms with Crippen LogP contribution in [0.4, 0.5) is 0 Å². The van der Waals surface area contributed by atoms with E-state index < -0.39 is 0 Å². The van der Waals surface area contributed by atoms with E-state index in [-0.39, 0.29) is 6.61 Å². The number of fused-ring (bicyclic) bond motifs is 5. The third-order valence-corrected chi connectivity index (χ3v) is 22.5. The number of aliphatic hydroxyl groups is 3. The molecule has 18 rings (SSSR count). The number of piperazine rings is 1. The van der Waals surface area contributed by atoms with Gasteiger partial charge in [0.25, 0.3) is 0 Å². The number of likely N-dealkylation sites (N-methyl/N-ethyl adjacent to an activating group) is 1. The van der Waals surface area contributed by atoms with E-state index in [2.05, 4.69) is 114 Å². The van der Waals surface area contributed by atoms with Crippen molar-refractivity contribution in [1.29, 1.82) is 0 Å². The van der Waals surface area contributed by atoms with Crippen LogP contribution in [-0.2, 0) is 26.2 Å². The molecule has 3 fully saturated rings. The molecule has 568 valence electrons. The molecule has 23 heteroatoms. The van der Waals surface area contributed by atoms with Gasteiger partial charge in [0.15, 0.2) is 6.29 Å². The van der Waals surface area contributed by atoms with Crippen molar-refractivity contribution in [2.45, 2.75) is 58.3 Å². The fraction of sp³-hybridized carbons (Fsp3) is 0.250. The van der Waals surface area contributed by atoms with Crippen LogP contribution in [0.3, 0.4) is 0 Å². The van der Waals surface area contributed by atoms with Crippen molar-refractivity contribution < 1.29 is 20.1 Å². The van der Waals surface area contributed by atoms with E-state index in [4.69, 9.17) is 63.1 Å². The highest BCUT2D eigenvalue weighted by Crippen LogP contribution is 2.33. The summed E-state index contributed by atoms with van der Waals surface area (Å²) in [7, 11) is 2.19. The molecule has 3 N–H and O–H groups in total. The predicted molar refractivity (Wildman–Crippen MR) is 449 cm³/mol. The lowest BCUT2D eigenvalue weighted by atomic mass is 9.94. The van der Waals surface area contributed by atoms with Gasteiger partial charge in [0.1, 0.15) is 0 Å². The van der Waals surface area contributed by atoms with Gasteiger partial charge in [0.05, 0.1) is 65.2 Å². The summed E-state index contributed by atoms with van der Waals surface area (Å²) in [5.74, 6) is 1.15. The van der Waals surface area contributed by atoms with Gasteiger partial charge in [0.2, 0.25) is 0 Å². The molecule has 5 aromatic carbocycles. The standard InChI is InChI=1S/C21H24ClN3O.C20H22ClN3O.C19H21ClN4.C14H11ClN2O.C14H9ClN2O/c22-18-1-3-19(4-2-18)25-15-17(20-5-9-23-13-21(20)25)14-24-10-6-16(7-11-24)8-12-26;21-17-1-3-18(4-2-17)24-13-16(19-5-8-22-11-20(19)24)12-23-9-6-15(14-25)7-10-23;1-22-8-10-23(11-9-22)13-15-14-24(17-4-2-16(20)3-5-17)19-12-21-7-6-18(15)19;2*15-11-1-3-12(4-2-11)17-8-10(9-18)13-5-6-16-7-14(13)17/h1-5,9,13,15-16,26H,6-8,10-12,14H2;1-5,8,11,13,15,25H,6-7,9-10,12,14H2;2-7,12,14H,8-11,13H2,1H3;1-8,18H,9H2;1-9H. The van der Waals surface area contributed by atoms with Crippen molar-refractivity contribution in [1.82, 2.24) is 67.4 Å². The number of rotatable bonds is 16. The Kier molecular flexibility index (Phi) is 26.1. The molecule has 0 atom stereocenters. The number of likely N-dealkylation sites (tertiary alicyclic amines) is 2. The number of carbonyl (C=O) groups is 1. The number of hydrogen-bond donors (Lipinski definition) is 3. The van der Waals surface area contributed by atoms with Crippen LogP contribution in [0.25, 0.3) is 83.0 Å². The highest BCUT2D eigenvalue weighted by molar-refractivity contribution is 6.31. The van der Waals surface area contributed by atoms with Gasteiger partial charge in [-0.3, -0.25) is 44.4 Å². The first-order valence-corrected chi connectivity index (χ1v) is 39.3. The zero-order chi connectivity index (χ0) is 76.7. The molecule has 0 spiro atoms. The van der Waals surface area contributed by atoms with Crippen molar-refractivity contribution >= 4 is 119 Å². The molecule has 0 bridgehead atoms. The van der Waals surface area contributed by atoms with Gasteiger partial charge in [-0.1, -0.05) is 58.0 Å². The van der Waals surface area contributed by atoms with E-state index >= 15 is 0 Å². The lowest BCUT2D eigenvalue weighted by molar-refractivity contribution is 0.112. The molecule has 15 aromatic rings. The minimum Gasteiger partial charge on any atom is -0.396 e. The maximum absolute atomic E-state index is 11.1. The van der Waals surface area contributed by atoms with Crippen LogP contribution in [0.2, 0.25) is 25.1 Å². The Balaban J connectivity index is 0.000000116. The molecule has 13 heterocycles. The number of halogens is 5. The quantitative estimate of drug-likeness (QED) is 0.0779. The summed E-state index contributed by atoms with van der Waals surface area (Å²) in [4.78, 5) is 42.2. The van der Waals surface area contributed by atoms with E-state index in [1.807, 2.05) is 180 Å². The number of aldehydes is 1. The summed E-state index contributed by atoms with van der Waals surface area (Å²) in [6, 6.07) is 48.9. The molecule has 0 saturated carbocycles. The van der Waals surface area contributed by atoms with Crippen LogP contribution >= 0.6 is 58.0 Å². The Hall–Kier alpha value is -9.61. The van der Waals surface area contributed by atoms with E-state index in [0.717, 1.165) is 185 Å². The van der Waals surface area contributed by atoms with Crippen molar-refractivity contribution in [3.63, 3.8) is 0 Å². The lowest BCUT2D eigenvalue weighted by Crippen LogP contribution is -2.43. The molecule has 18 nitrogen and oxygen atoms in total. The second-order valence-corrected chi connectivity index (χ2v) is 30.6. The predicted octanol–water partition coefficient (Wildman–Crippen LogP) is 18.2. The van der Waals surface area contributed by atoms with Crippen LogP contribution < -0.4 is 0 Å². The topological polar surface area (TPSA) is 180 Å². The summed E-state index contributed by atoms with van der Waals surface area (Å²) >= 11 is 29.9. The zero-order valence-electron chi connectivity index (χ0n) is 61.7. The smallest absolute Gasteiger partial charge is 0.152 e. The molecule has 111 heavy (non-hydrogen) atoms. The molecule has 3 saturated heterocycles. The number of benzene rings is 5. The minimum absolute atomic E-state index is 0.0150. The van der Waals surface area contributed by atoms with Crippen LogP contribution in [-0.4, -0.2) is 162 Å². The Bertz CT molecular complexity index is 5550. The molecule has 10 aromatic heterocycles. The van der Waals surface area contributed by atoms with Crippen LogP contribution in [0.5, 0.6) is 0 Å². The van der Waals surface area contributed by atoms with Crippen LogP contribution in [0, 0.1) is 11.8 Å². The van der Waals surface area contributed by atoms with Crippen molar-refractivity contribution in [3.8, 4) is 28.4 Å². The first kappa shape index (κ1) is 78.1. The third-order valence-electron chi connectivity index (χ3n) is 21.2. The summed E-state index contributed by atoms with van der Waals surface area (Å²) in [5.41, 5.74) is 16.1. The fourth-order valence-corrected chi connectivity index (χ4v) is 15.7. The molecule has 0 aliphatic carbocycles. The van der Waals surface area contributed by atoms with Gasteiger partial charge in [-0.05, 0) is 246 Å². The summed E-state index contributed by atoms with van der Waals surface area (Å²) in [6.45, 7) is 12.3. The van der Waals surface area contributed by atoms with Gasteiger partial charge in [0, 0.05) is 213 Å². The number of piperidine rings is 2. The Morgan fingerprint density at radius 3 is 0.937 bits per heavy atom. The summed E-state index contributed by atoms with van der Waals surface area (Å²) in [6.07, 6.45) is 35.1. The molecule has 0 unspecified atom stereocenters. The Morgan fingerprint density at radius 1 is 0.351 bits per heavy atom. The average Bonchev–Trinajstić information content (AvgIpc) is 1.65. The van der Waals surface area contributed by atoms with E-state index in [1.165, 1.54) is 45.7 Å². The van der Waals surface area contributed by atoms with E-state index in [9.17, 15) is 15.0 Å². The maximum Gasteiger partial charge on any atom is 0.152 e. The first-order valence-electron chi connectivity index (χ1n) is 37.4. The highest BCUT2D eigenvalue weighted by Gasteiger charge is 2.24. The van der Waals surface area contributed by atoms with Crippen molar-refractivity contribution in [2.75, 3.05) is 72.6 Å². The molecule has 0 radical (unpaired) electrons. The minimum atomic E-state index is 0.0150. The van der Waals surface area contributed by atoms with Crippen LogP contribution in [0.15, 0.2) is 245 Å². The lowest BCUT2D eigenvalue weighted by Gasteiger charge is -2.32. The first-order chi connectivity index (χ1) is 54.3. The largest absolute Gasteiger partial charge is 0.396 e. The number of pyridine rings is 5. The molecule has 0 amide bonds. The molecular formula is C88H87Cl5N14O4. The monoisotopic (exact) mass is 1580 g/mol. The second-order valence-electron chi connectivity index (χ2n) is 28.4. The number of hydrogen-bond acceptors (Lipinski definition) is 13. The molecular weight excluding hydrogens is 1490 g/mol. The van der Waals surface area contributed by atoms with E-state index in [1.54, 1.807) is 24.8 Å². The number of nitrogens with zero attached hydrogens (tertiary/aromatic N) is 14. The Labute approximate surface area is 670 Å². The van der Waals surface area contributed by atoms with Gasteiger partial charge in [-0.15, -0.1) is 0 Å². The zero-order valence-corrected chi connectivity index (χ0v) is 65.4. The summed E-state index contributed by atoms with van der Waals surface area (Å²) < 4.78 is 10.5. The Morgan fingerprint density at radius 2 is 0.631 bits per heavy atom. The number of carbonyl (C=O) groups excluding carboxylic acids is 1. The maximum atomic E-state index is 11.1. The molecule has 3 aliphatic heterocycles. The van der Waals surface area contributed by atoms with Gasteiger partial charge >= 0.3 is 0 Å². The SMILES string of the molecule is CN1CCN(Cc2cn(-c3ccc(Cl)cc3)c3cnccc23)CC1.O=Cc1cn(-c2ccc(Cl)cc2)c2cnccc12.OCC1CCN(Cc2cn(-c3ccc(Cl)cc3)c3cnccc23)CC1.OCCC1CCN(Cc2cn(-c3ccc(Cl)cc3)c3cnccc23)CC1.OCc1cn(-c2ccc(Cl)cc2)c2cnccc12. The third kappa shape index (κ3) is 19.0. The highest BCUT2D eigenvalue weighted by atomic mass is 35.5. The second kappa shape index (κ2) is 37.1. The molecule has 3 aliphatic rings. The van der Waals surface area contributed by atoms with Gasteiger partial charge < -0.3 is 43.1 Å². The van der Waals surface area contributed by atoms with Crippen molar-refractivity contribution in [2.24, 2.45) is 11.8 Å².